The van der Waals surface area contributed by atoms with Crippen LogP contribution in [0.1, 0.15) is 51.9 Å². The number of hydrogen-bond donors (Lipinski definition) is 1. The number of morpholine rings is 1. The summed E-state index contributed by atoms with van der Waals surface area (Å²) in [5.41, 5.74) is 4.56. The summed E-state index contributed by atoms with van der Waals surface area (Å²) in [5.74, 6) is 0.899. The minimum absolute atomic E-state index is 0.0972. The predicted molar refractivity (Wildman–Crippen MR) is 91.0 cm³/mol. The molecule has 1 aliphatic heterocycles. The van der Waals surface area contributed by atoms with Gasteiger partial charge in [0.1, 0.15) is 11.9 Å². The summed E-state index contributed by atoms with van der Waals surface area (Å²) in [6, 6.07) is 6.21. The van der Waals surface area contributed by atoms with Gasteiger partial charge >= 0.3 is 0 Å². The number of aryl methyl sites for hydroxylation is 3. The van der Waals surface area contributed by atoms with E-state index in [9.17, 15) is 4.79 Å². The first kappa shape index (κ1) is 15.4. The Morgan fingerprint density at radius 2 is 2.12 bits per heavy atom. The maximum atomic E-state index is 12.9. The maximum Gasteiger partial charge on any atom is 0.254 e. The number of nitrogens with zero attached hydrogens (tertiary/aromatic N) is 2. The molecule has 0 spiro atoms. The Morgan fingerprint density at radius 3 is 2.92 bits per heavy atom. The van der Waals surface area contributed by atoms with E-state index < -0.39 is 0 Å². The molecule has 0 unspecified atom stereocenters. The molecule has 1 saturated heterocycles. The van der Waals surface area contributed by atoms with Crippen LogP contribution in [0.4, 0.5) is 0 Å². The van der Waals surface area contributed by atoms with Gasteiger partial charge in [-0.05, 0) is 55.9 Å². The van der Waals surface area contributed by atoms with Gasteiger partial charge in [0.15, 0.2) is 0 Å². The fourth-order valence-corrected chi connectivity index (χ4v) is 3.64. The highest BCUT2D eigenvalue weighted by atomic mass is 16.5. The highest BCUT2D eigenvalue weighted by Gasteiger charge is 2.28. The summed E-state index contributed by atoms with van der Waals surface area (Å²) in [7, 11) is 0. The van der Waals surface area contributed by atoms with Crippen LogP contribution in [-0.2, 0) is 17.6 Å². The highest BCUT2D eigenvalue weighted by molar-refractivity contribution is 5.94. The zero-order chi connectivity index (χ0) is 16.5. The Hall–Kier alpha value is -2.14. The third kappa shape index (κ3) is 2.96. The molecule has 1 fully saturated rings. The number of fused-ring (bicyclic) bond motifs is 1. The number of H-pyrrole nitrogens is 1. The van der Waals surface area contributed by atoms with E-state index in [4.69, 9.17) is 4.74 Å². The summed E-state index contributed by atoms with van der Waals surface area (Å²) in [6.45, 7) is 3.69. The van der Waals surface area contributed by atoms with Crippen molar-refractivity contribution in [2.24, 2.45) is 0 Å². The van der Waals surface area contributed by atoms with Crippen LogP contribution < -0.4 is 0 Å². The van der Waals surface area contributed by atoms with Crippen molar-refractivity contribution in [3.05, 3.63) is 52.6 Å². The van der Waals surface area contributed by atoms with Crippen molar-refractivity contribution < 1.29 is 9.53 Å². The first-order valence-corrected chi connectivity index (χ1v) is 8.75. The SMILES string of the molecule is Cc1cnc([C@@H]2CN(C(=O)c3ccc4c(c3)CCCC4)CCO2)[nH]1. The molecule has 0 radical (unpaired) electrons. The second-order valence-corrected chi connectivity index (χ2v) is 6.75. The van der Waals surface area contributed by atoms with Crippen molar-refractivity contribution in [2.45, 2.75) is 38.7 Å². The van der Waals surface area contributed by atoms with Crippen LogP contribution in [0.15, 0.2) is 24.4 Å². The number of rotatable bonds is 2. The number of hydrogen-bond acceptors (Lipinski definition) is 3. The van der Waals surface area contributed by atoms with Gasteiger partial charge in [-0.2, -0.15) is 0 Å². The average molecular weight is 325 g/mol. The van der Waals surface area contributed by atoms with E-state index in [0.717, 1.165) is 29.9 Å². The summed E-state index contributed by atoms with van der Waals surface area (Å²) >= 11 is 0. The number of imidazole rings is 1. The molecule has 2 aliphatic rings. The van der Waals surface area contributed by atoms with Crippen LogP contribution in [0.3, 0.4) is 0 Å². The van der Waals surface area contributed by atoms with Crippen molar-refractivity contribution in [1.82, 2.24) is 14.9 Å². The predicted octanol–water partition coefficient (Wildman–Crippen LogP) is 2.81. The first-order chi connectivity index (χ1) is 11.7. The molecule has 5 heteroatoms. The summed E-state index contributed by atoms with van der Waals surface area (Å²) < 4.78 is 5.80. The van der Waals surface area contributed by atoms with Crippen LogP contribution >= 0.6 is 0 Å². The first-order valence-electron chi connectivity index (χ1n) is 8.75. The van der Waals surface area contributed by atoms with Gasteiger partial charge in [-0.1, -0.05) is 6.07 Å². The van der Waals surface area contributed by atoms with Crippen molar-refractivity contribution in [2.75, 3.05) is 19.7 Å². The number of carbonyl (C=O) groups excluding carboxylic acids is 1. The zero-order valence-corrected chi connectivity index (χ0v) is 14.0. The lowest BCUT2D eigenvalue weighted by Gasteiger charge is -2.32. The summed E-state index contributed by atoms with van der Waals surface area (Å²) in [4.78, 5) is 22.3. The van der Waals surface area contributed by atoms with E-state index >= 15 is 0 Å². The van der Waals surface area contributed by atoms with Crippen LogP contribution in [0.5, 0.6) is 0 Å². The number of benzene rings is 1. The zero-order valence-electron chi connectivity index (χ0n) is 14.0. The van der Waals surface area contributed by atoms with Gasteiger partial charge in [0.2, 0.25) is 0 Å². The Labute approximate surface area is 142 Å². The minimum atomic E-state index is -0.172. The fraction of sp³-hybridized carbons (Fsp3) is 0.474. The highest BCUT2D eigenvalue weighted by Crippen LogP contribution is 2.25. The number of aromatic nitrogens is 2. The lowest BCUT2D eigenvalue weighted by Crippen LogP contribution is -2.42. The lowest BCUT2D eigenvalue weighted by atomic mass is 9.90. The van der Waals surface area contributed by atoms with E-state index in [1.165, 1.54) is 24.0 Å². The van der Waals surface area contributed by atoms with Crippen LogP contribution in [-0.4, -0.2) is 40.5 Å². The van der Waals surface area contributed by atoms with Gasteiger partial charge in [-0.15, -0.1) is 0 Å². The molecule has 1 aromatic heterocycles. The molecule has 126 valence electrons. The molecule has 1 amide bonds. The number of ether oxygens (including phenoxy) is 1. The minimum Gasteiger partial charge on any atom is -0.367 e. The van der Waals surface area contributed by atoms with E-state index in [-0.39, 0.29) is 12.0 Å². The molecule has 2 heterocycles. The van der Waals surface area contributed by atoms with Crippen molar-refractivity contribution in [3.63, 3.8) is 0 Å². The second kappa shape index (κ2) is 6.40. The number of aromatic amines is 1. The Morgan fingerprint density at radius 1 is 1.29 bits per heavy atom. The smallest absolute Gasteiger partial charge is 0.254 e. The van der Waals surface area contributed by atoms with E-state index in [1.54, 1.807) is 6.20 Å². The van der Waals surface area contributed by atoms with Crippen molar-refractivity contribution in [3.8, 4) is 0 Å². The standard InChI is InChI=1S/C19H23N3O2/c1-13-11-20-18(21-13)17-12-22(8-9-24-17)19(23)16-7-6-14-4-2-3-5-15(14)10-16/h6-7,10-11,17H,2-5,8-9,12H2,1H3,(H,20,21)/t17-/m0/s1. The van der Waals surface area contributed by atoms with Gasteiger partial charge < -0.3 is 14.6 Å². The fourth-order valence-electron chi connectivity index (χ4n) is 3.64. The molecule has 1 atom stereocenters. The summed E-state index contributed by atoms with van der Waals surface area (Å²) in [5, 5.41) is 0. The molecule has 0 bridgehead atoms. The van der Waals surface area contributed by atoms with Gasteiger partial charge in [0, 0.05) is 24.0 Å². The molecule has 1 aromatic carbocycles. The van der Waals surface area contributed by atoms with E-state index in [2.05, 4.69) is 22.1 Å². The lowest BCUT2D eigenvalue weighted by molar-refractivity contribution is -0.0264. The molecule has 24 heavy (non-hydrogen) atoms. The molecule has 5 nitrogen and oxygen atoms in total. The van der Waals surface area contributed by atoms with E-state index in [1.807, 2.05) is 17.9 Å². The topological polar surface area (TPSA) is 58.2 Å². The van der Waals surface area contributed by atoms with Crippen LogP contribution in [0.2, 0.25) is 0 Å². The average Bonchev–Trinajstić information content (AvgIpc) is 3.07. The Bertz CT molecular complexity index is 753. The number of amides is 1. The maximum absolute atomic E-state index is 12.9. The second-order valence-electron chi connectivity index (χ2n) is 6.75. The van der Waals surface area contributed by atoms with Gasteiger partial charge in [0.25, 0.3) is 5.91 Å². The van der Waals surface area contributed by atoms with Gasteiger partial charge in [0.05, 0.1) is 13.2 Å². The summed E-state index contributed by atoms with van der Waals surface area (Å²) in [6.07, 6.45) is 6.34. The molecular formula is C19H23N3O2. The molecule has 1 aliphatic carbocycles. The van der Waals surface area contributed by atoms with Gasteiger partial charge in [-0.25, -0.2) is 4.98 Å². The van der Waals surface area contributed by atoms with Crippen LogP contribution in [0, 0.1) is 6.92 Å². The van der Waals surface area contributed by atoms with Gasteiger partial charge in [-0.3, -0.25) is 4.79 Å². The van der Waals surface area contributed by atoms with Crippen molar-refractivity contribution >= 4 is 5.91 Å². The quantitative estimate of drug-likeness (QED) is 0.924. The molecule has 4 rings (SSSR count). The molecule has 1 N–H and O–H groups in total. The third-order valence-electron chi connectivity index (χ3n) is 4.98. The Balaban J connectivity index is 1.51. The monoisotopic (exact) mass is 325 g/mol. The van der Waals surface area contributed by atoms with E-state index in [0.29, 0.717) is 19.7 Å². The number of nitrogens with one attached hydrogen (secondary N) is 1. The molecule has 2 aromatic rings. The third-order valence-corrected chi connectivity index (χ3v) is 4.98. The molecular weight excluding hydrogens is 302 g/mol. The Kier molecular flexibility index (Phi) is 4.10. The van der Waals surface area contributed by atoms with Crippen LogP contribution in [0.25, 0.3) is 0 Å². The normalized spacial score (nSPS) is 20.7. The molecule has 0 saturated carbocycles. The largest absolute Gasteiger partial charge is 0.367 e. The number of carbonyl (C=O) groups is 1. The van der Waals surface area contributed by atoms with Crippen molar-refractivity contribution in [1.29, 1.82) is 0 Å².